The topological polar surface area (TPSA) is 55.3 Å². The third-order valence-corrected chi connectivity index (χ3v) is 6.02. The van der Waals surface area contributed by atoms with Gasteiger partial charge in [0.1, 0.15) is 5.82 Å². The SMILES string of the molecule is COC(=O)c1ccncc1CC[C@@H]1CCCc2cc(N(C)c3ccccn3)ccc21. The second-order valence-electron chi connectivity index (χ2n) is 7.78. The van der Waals surface area contributed by atoms with Crippen molar-refractivity contribution in [2.45, 2.75) is 38.0 Å². The number of anilines is 2. The maximum atomic E-state index is 12.0. The quantitative estimate of drug-likeness (QED) is 0.539. The average Bonchev–Trinajstić information content (AvgIpc) is 2.82. The lowest BCUT2D eigenvalue weighted by molar-refractivity contribution is 0.0599. The molecule has 5 heteroatoms. The summed E-state index contributed by atoms with van der Waals surface area (Å²) in [5, 5.41) is 0. The lowest BCUT2D eigenvalue weighted by Crippen LogP contribution is -2.15. The van der Waals surface area contributed by atoms with Gasteiger partial charge in [0.2, 0.25) is 0 Å². The number of aryl methyl sites for hydroxylation is 2. The van der Waals surface area contributed by atoms with Gasteiger partial charge in [0.05, 0.1) is 12.7 Å². The van der Waals surface area contributed by atoms with Gasteiger partial charge in [0.15, 0.2) is 0 Å². The van der Waals surface area contributed by atoms with Crippen molar-refractivity contribution < 1.29 is 9.53 Å². The molecule has 5 nitrogen and oxygen atoms in total. The monoisotopic (exact) mass is 401 g/mol. The van der Waals surface area contributed by atoms with Crippen LogP contribution in [-0.4, -0.2) is 30.1 Å². The Morgan fingerprint density at radius 3 is 2.90 bits per heavy atom. The Kier molecular flexibility index (Phi) is 6.07. The van der Waals surface area contributed by atoms with Crippen molar-refractivity contribution in [3.63, 3.8) is 0 Å². The van der Waals surface area contributed by atoms with E-state index in [0.717, 1.165) is 36.3 Å². The van der Waals surface area contributed by atoms with Gasteiger partial charge in [0, 0.05) is 31.3 Å². The van der Waals surface area contributed by atoms with E-state index in [1.54, 1.807) is 18.5 Å². The molecular formula is C25H27N3O2. The first-order chi connectivity index (χ1) is 14.7. The van der Waals surface area contributed by atoms with Crippen molar-refractivity contribution in [2.75, 3.05) is 19.1 Å². The van der Waals surface area contributed by atoms with E-state index >= 15 is 0 Å². The summed E-state index contributed by atoms with van der Waals surface area (Å²) in [6.07, 6.45) is 10.5. The molecule has 1 aliphatic rings. The first-order valence-corrected chi connectivity index (χ1v) is 10.5. The molecule has 0 saturated heterocycles. The van der Waals surface area contributed by atoms with E-state index in [1.165, 1.54) is 31.1 Å². The Morgan fingerprint density at radius 2 is 2.10 bits per heavy atom. The molecule has 2 aromatic heterocycles. The van der Waals surface area contributed by atoms with Crippen LogP contribution in [0.4, 0.5) is 11.5 Å². The van der Waals surface area contributed by atoms with E-state index in [9.17, 15) is 4.79 Å². The Labute approximate surface area is 177 Å². The molecule has 154 valence electrons. The van der Waals surface area contributed by atoms with Crippen molar-refractivity contribution in [1.82, 2.24) is 9.97 Å². The number of ether oxygens (including phenoxy) is 1. The predicted octanol–water partition coefficient (Wildman–Crippen LogP) is 5.08. The van der Waals surface area contributed by atoms with Crippen molar-refractivity contribution in [3.05, 3.63) is 83.3 Å². The van der Waals surface area contributed by atoms with Crippen molar-refractivity contribution in [3.8, 4) is 0 Å². The molecule has 3 aromatic rings. The van der Waals surface area contributed by atoms with E-state index in [2.05, 4.69) is 40.1 Å². The molecule has 30 heavy (non-hydrogen) atoms. The van der Waals surface area contributed by atoms with E-state index in [-0.39, 0.29) is 5.97 Å². The number of carbonyl (C=O) groups excluding carboxylic acids is 1. The van der Waals surface area contributed by atoms with Crippen LogP contribution >= 0.6 is 0 Å². The molecule has 0 unspecified atom stereocenters. The van der Waals surface area contributed by atoms with Gasteiger partial charge in [0.25, 0.3) is 0 Å². The summed E-state index contributed by atoms with van der Waals surface area (Å²) in [7, 11) is 3.48. The third kappa shape index (κ3) is 4.20. The Bertz CT molecular complexity index is 1020. The highest BCUT2D eigenvalue weighted by Gasteiger charge is 2.22. The van der Waals surface area contributed by atoms with Gasteiger partial charge in [-0.15, -0.1) is 0 Å². The molecule has 1 aliphatic carbocycles. The standard InChI is InChI=1S/C25H27N3O2/c1-28(24-8-3-4-14-27-24)21-11-12-22-18(6-5-7-19(22)16-21)9-10-20-17-26-15-13-23(20)25(29)30-2/h3-4,8,11-18H,5-7,9-10H2,1-2H3/t18-/m0/s1. The molecule has 2 heterocycles. The van der Waals surface area contributed by atoms with E-state index < -0.39 is 0 Å². The normalized spacial score (nSPS) is 15.3. The van der Waals surface area contributed by atoms with Crippen LogP contribution in [0, 0.1) is 0 Å². The summed E-state index contributed by atoms with van der Waals surface area (Å²) in [5.41, 5.74) is 5.60. The average molecular weight is 402 g/mol. The molecule has 0 spiro atoms. The van der Waals surface area contributed by atoms with Gasteiger partial charge in [-0.05, 0) is 85.0 Å². The highest BCUT2D eigenvalue weighted by atomic mass is 16.5. The van der Waals surface area contributed by atoms with Crippen molar-refractivity contribution >= 4 is 17.5 Å². The minimum absolute atomic E-state index is 0.293. The summed E-state index contributed by atoms with van der Waals surface area (Å²) in [6.45, 7) is 0. The van der Waals surface area contributed by atoms with Crippen LogP contribution in [0.1, 0.15) is 52.2 Å². The summed E-state index contributed by atoms with van der Waals surface area (Å²) in [6, 6.07) is 14.5. The predicted molar refractivity (Wildman–Crippen MR) is 118 cm³/mol. The van der Waals surface area contributed by atoms with Gasteiger partial charge in [-0.25, -0.2) is 9.78 Å². The number of fused-ring (bicyclic) bond motifs is 1. The number of hydrogen-bond donors (Lipinski definition) is 0. The molecule has 1 aromatic carbocycles. The van der Waals surface area contributed by atoms with E-state index in [4.69, 9.17) is 4.74 Å². The minimum Gasteiger partial charge on any atom is -0.465 e. The molecule has 0 amide bonds. The second kappa shape index (κ2) is 9.08. The minimum atomic E-state index is -0.293. The number of esters is 1. The van der Waals surface area contributed by atoms with E-state index in [0.29, 0.717) is 11.5 Å². The fourth-order valence-corrected chi connectivity index (χ4v) is 4.36. The van der Waals surface area contributed by atoms with Crippen LogP contribution in [0.2, 0.25) is 0 Å². The molecule has 0 radical (unpaired) electrons. The molecular weight excluding hydrogens is 374 g/mol. The maximum Gasteiger partial charge on any atom is 0.338 e. The Balaban J connectivity index is 1.52. The van der Waals surface area contributed by atoms with Gasteiger partial charge >= 0.3 is 5.97 Å². The molecule has 1 atom stereocenters. The van der Waals surface area contributed by atoms with Crippen LogP contribution in [0.3, 0.4) is 0 Å². The van der Waals surface area contributed by atoms with Crippen LogP contribution in [0.25, 0.3) is 0 Å². The van der Waals surface area contributed by atoms with Crippen molar-refractivity contribution in [1.29, 1.82) is 0 Å². The molecule has 4 rings (SSSR count). The number of carbonyl (C=O) groups is 1. The number of benzene rings is 1. The highest BCUT2D eigenvalue weighted by Crippen LogP contribution is 2.37. The molecule has 0 fully saturated rings. The van der Waals surface area contributed by atoms with Crippen LogP contribution in [0.15, 0.2) is 61.1 Å². The highest BCUT2D eigenvalue weighted by molar-refractivity contribution is 5.90. The fraction of sp³-hybridized carbons (Fsp3) is 0.320. The van der Waals surface area contributed by atoms with Gasteiger partial charge in [-0.3, -0.25) is 4.98 Å². The van der Waals surface area contributed by atoms with Gasteiger partial charge < -0.3 is 9.64 Å². The zero-order valence-electron chi connectivity index (χ0n) is 17.5. The lowest BCUT2D eigenvalue weighted by atomic mass is 9.79. The number of pyridine rings is 2. The Hall–Kier alpha value is -3.21. The molecule has 0 bridgehead atoms. The molecule has 0 aliphatic heterocycles. The van der Waals surface area contributed by atoms with Crippen molar-refractivity contribution in [2.24, 2.45) is 0 Å². The smallest absolute Gasteiger partial charge is 0.338 e. The number of nitrogens with zero attached hydrogens (tertiary/aromatic N) is 3. The lowest BCUT2D eigenvalue weighted by Gasteiger charge is -2.28. The number of aromatic nitrogens is 2. The summed E-state index contributed by atoms with van der Waals surface area (Å²) < 4.78 is 4.92. The first kappa shape index (κ1) is 20.1. The maximum absolute atomic E-state index is 12.0. The molecule has 0 N–H and O–H groups in total. The number of hydrogen-bond acceptors (Lipinski definition) is 5. The van der Waals surface area contributed by atoms with Crippen LogP contribution in [-0.2, 0) is 17.6 Å². The first-order valence-electron chi connectivity index (χ1n) is 10.5. The van der Waals surface area contributed by atoms with Gasteiger partial charge in [-0.1, -0.05) is 12.1 Å². The summed E-state index contributed by atoms with van der Waals surface area (Å²) in [4.78, 5) is 22.8. The Morgan fingerprint density at radius 1 is 1.20 bits per heavy atom. The van der Waals surface area contributed by atoms with E-state index in [1.807, 2.05) is 24.4 Å². The molecule has 0 saturated carbocycles. The third-order valence-electron chi connectivity index (χ3n) is 6.02. The summed E-state index contributed by atoms with van der Waals surface area (Å²) in [5.74, 6) is 1.14. The largest absolute Gasteiger partial charge is 0.465 e. The zero-order chi connectivity index (χ0) is 20.9. The number of methoxy groups -OCH3 is 1. The van der Waals surface area contributed by atoms with Gasteiger partial charge in [-0.2, -0.15) is 0 Å². The van der Waals surface area contributed by atoms with Crippen LogP contribution < -0.4 is 4.90 Å². The van der Waals surface area contributed by atoms with Crippen LogP contribution in [0.5, 0.6) is 0 Å². The second-order valence-corrected chi connectivity index (χ2v) is 7.78. The summed E-state index contributed by atoms with van der Waals surface area (Å²) >= 11 is 0. The zero-order valence-corrected chi connectivity index (χ0v) is 17.5. The fourth-order valence-electron chi connectivity index (χ4n) is 4.36. The number of rotatable bonds is 6.